The van der Waals surface area contributed by atoms with Crippen molar-refractivity contribution in [3.63, 3.8) is 0 Å². The van der Waals surface area contributed by atoms with E-state index in [-0.39, 0.29) is 17.7 Å². The maximum Gasteiger partial charge on any atom is 0.141 e. The van der Waals surface area contributed by atoms with Crippen LogP contribution in [0.25, 0.3) is 0 Å². The Balaban J connectivity index is 2.16. The second kappa shape index (κ2) is 5.44. The van der Waals surface area contributed by atoms with E-state index in [1.54, 1.807) is 18.3 Å². The molecular weight excluding hydrogens is 302 g/mol. The zero-order valence-corrected chi connectivity index (χ0v) is 11.2. The van der Waals surface area contributed by atoms with Crippen LogP contribution in [0.2, 0.25) is 0 Å². The molecule has 5 heteroatoms. The molecule has 1 heterocycles. The molecule has 0 radical (unpaired) electrons. The third-order valence-electron chi connectivity index (χ3n) is 2.53. The Morgan fingerprint density at radius 1 is 1.22 bits per heavy atom. The fourth-order valence-corrected chi connectivity index (χ4v) is 1.96. The summed E-state index contributed by atoms with van der Waals surface area (Å²) in [5, 5.41) is 3.15. The van der Waals surface area contributed by atoms with Crippen molar-refractivity contribution in [3.05, 3.63) is 58.3 Å². The van der Waals surface area contributed by atoms with Crippen molar-refractivity contribution in [2.24, 2.45) is 0 Å². The molecule has 1 unspecified atom stereocenters. The summed E-state index contributed by atoms with van der Waals surface area (Å²) in [6.07, 6.45) is 2.75. The van der Waals surface area contributed by atoms with Gasteiger partial charge in [-0.15, -0.1) is 0 Å². The molecule has 2 aromatic rings. The van der Waals surface area contributed by atoms with Crippen LogP contribution in [0.3, 0.4) is 0 Å². The predicted octanol–water partition coefficient (Wildman–Crippen LogP) is 4.30. The van der Waals surface area contributed by atoms with Crippen molar-refractivity contribution in [1.82, 2.24) is 4.98 Å². The van der Waals surface area contributed by atoms with Gasteiger partial charge in [-0.3, -0.25) is 4.98 Å². The van der Waals surface area contributed by atoms with E-state index in [4.69, 9.17) is 0 Å². The largest absolute Gasteiger partial charge is 0.378 e. The van der Waals surface area contributed by atoms with E-state index < -0.39 is 0 Å². The molecule has 0 saturated heterocycles. The van der Waals surface area contributed by atoms with Gasteiger partial charge in [0.2, 0.25) is 0 Å². The average molecular weight is 313 g/mol. The Bertz CT molecular complexity index is 560. The quantitative estimate of drug-likeness (QED) is 0.914. The summed E-state index contributed by atoms with van der Waals surface area (Å²) in [6, 6.07) is 5.93. The Hall–Kier alpha value is -1.49. The van der Waals surface area contributed by atoms with Crippen LogP contribution in [0.4, 0.5) is 14.5 Å². The molecule has 2 rings (SSSR count). The summed E-state index contributed by atoms with van der Waals surface area (Å²) in [5.74, 6) is -0.693. The highest BCUT2D eigenvalue weighted by molar-refractivity contribution is 9.10. The van der Waals surface area contributed by atoms with E-state index >= 15 is 0 Å². The number of hydrogen-bond donors (Lipinski definition) is 1. The number of aromatic nitrogens is 1. The number of benzene rings is 1. The number of nitrogens with one attached hydrogen (secondary N) is 1. The second-order valence-electron chi connectivity index (χ2n) is 3.93. The molecule has 2 nitrogen and oxygen atoms in total. The standard InChI is InChI=1S/C13H11BrF2N2/c1-8(9-4-10(15)7-17-6-9)18-11-2-3-13(16)12(14)5-11/h2-8,18H,1H3. The molecule has 0 fully saturated rings. The van der Waals surface area contributed by atoms with Crippen molar-refractivity contribution in [2.45, 2.75) is 13.0 Å². The number of anilines is 1. The van der Waals surface area contributed by atoms with Crippen LogP contribution in [0.5, 0.6) is 0 Å². The first-order valence-electron chi connectivity index (χ1n) is 5.38. The minimum Gasteiger partial charge on any atom is -0.378 e. The molecule has 1 atom stereocenters. The third-order valence-corrected chi connectivity index (χ3v) is 3.14. The van der Waals surface area contributed by atoms with Crippen LogP contribution >= 0.6 is 15.9 Å². The van der Waals surface area contributed by atoms with Crippen molar-refractivity contribution in [3.8, 4) is 0 Å². The van der Waals surface area contributed by atoms with Crippen molar-refractivity contribution >= 4 is 21.6 Å². The second-order valence-corrected chi connectivity index (χ2v) is 4.79. The van der Waals surface area contributed by atoms with Crippen LogP contribution in [-0.4, -0.2) is 4.98 Å². The molecule has 0 spiro atoms. The molecule has 0 saturated carbocycles. The summed E-state index contributed by atoms with van der Waals surface area (Å²) >= 11 is 3.12. The van der Waals surface area contributed by atoms with E-state index in [9.17, 15) is 8.78 Å². The first-order valence-corrected chi connectivity index (χ1v) is 6.17. The first kappa shape index (κ1) is 13.0. The van der Waals surface area contributed by atoms with Gasteiger partial charge in [0.15, 0.2) is 0 Å². The summed E-state index contributed by atoms with van der Waals surface area (Å²) in [5.41, 5.74) is 1.48. The summed E-state index contributed by atoms with van der Waals surface area (Å²) in [7, 11) is 0. The molecule has 1 aromatic heterocycles. The average Bonchev–Trinajstić information content (AvgIpc) is 2.34. The fourth-order valence-electron chi connectivity index (χ4n) is 1.58. The Labute approximate surface area is 112 Å². The van der Waals surface area contributed by atoms with Crippen LogP contribution in [-0.2, 0) is 0 Å². The van der Waals surface area contributed by atoms with Gasteiger partial charge in [0.05, 0.1) is 16.7 Å². The maximum atomic E-state index is 13.1. The fraction of sp³-hybridized carbons (Fsp3) is 0.154. The summed E-state index contributed by atoms with van der Waals surface area (Å²) in [6.45, 7) is 1.88. The normalized spacial score (nSPS) is 12.2. The van der Waals surface area contributed by atoms with Crippen LogP contribution < -0.4 is 5.32 Å². The maximum absolute atomic E-state index is 13.1. The van der Waals surface area contributed by atoms with E-state index in [1.165, 1.54) is 12.1 Å². The molecule has 0 aliphatic heterocycles. The lowest BCUT2D eigenvalue weighted by atomic mass is 10.1. The molecule has 0 amide bonds. The summed E-state index contributed by atoms with van der Waals surface area (Å²) < 4.78 is 26.5. The third kappa shape index (κ3) is 3.04. The number of hydrogen-bond acceptors (Lipinski definition) is 2. The molecule has 94 valence electrons. The monoisotopic (exact) mass is 312 g/mol. The zero-order chi connectivity index (χ0) is 13.1. The van der Waals surface area contributed by atoms with Gasteiger partial charge < -0.3 is 5.32 Å². The lowest BCUT2D eigenvalue weighted by Gasteiger charge is -2.15. The van der Waals surface area contributed by atoms with Gasteiger partial charge in [-0.1, -0.05) is 0 Å². The number of nitrogens with zero attached hydrogens (tertiary/aromatic N) is 1. The highest BCUT2D eigenvalue weighted by atomic mass is 79.9. The lowest BCUT2D eigenvalue weighted by Crippen LogP contribution is -2.07. The SMILES string of the molecule is CC(Nc1ccc(F)c(Br)c1)c1cncc(F)c1. The molecule has 18 heavy (non-hydrogen) atoms. The molecular formula is C13H11BrF2N2. The minimum atomic E-state index is -0.374. The van der Waals surface area contributed by atoms with Gasteiger partial charge >= 0.3 is 0 Å². The Morgan fingerprint density at radius 2 is 2.00 bits per heavy atom. The van der Waals surface area contributed by atoms with Crippen LogP contribution in [0, 0.1) is 11.6 Å². The van der Waals surface area contributed by atoms with Gasteiger partial charge in [-0.2, -0.15) is 0 Å². The zero-order valence-electron chi connectivity index (χ0n) is 9.62. The molecule has 1 aromatic carbocycles. The molecule has 0 aliphatic carbocycles. The van der Waals surface area contributed by atoms with E-state index in [1.807, 2.05) is 6.92 Å². The van der Waals surface area contributed by atoms with Gasteiger partial charge in [-0.05, 0) is 52.7 Å². The van der Waals surface area contributed by atoms with Gasteiger partial charge in [0, 0.05) is 11.9 Å². The van der Waals surface area contributed by atoms with E-state index in [2.05, 4.69) is 26.2 Å². The van der Waals surface area contributed by atoms with E-state index in [0.29, 0.717) is 4.47 Å². The van der Waals surface area contributed by atoms with Crippen molar-refractivity contribution < 1.29 is 8.78 Å². The minimum absolute atomic E-state index is 0.120. The Kier molecular flexibility index (Phi) is 3.91. The summed E-state index contributed by atoms with van der Waals surface area (Å²) in [4.78, 5) is 3.79. The van der Waals surface area contributed by atoms with Gasteiger partial charge in [-0.25, -0.2) is 8.78 Å². The molecule has 0 aliphatic rings. The van der Waals surface area contributed by atoms with E-state index in [0.717, 1.165) is 17.4 Å². The Morgan fingerprint density at radius 3 is 2.67 bits per heavy atom. The smallest absolute Gasteiger partial charge is 0.141 e. The van der Waals surface area contributed by atoms with Crippen molar-refractivity contribution in [1.29, 1.82) is 0 Å². The van der Waals surface area contributed by atoms with Crippen molar-refractivity contribution in [2.75, 3.05) is 5.32 Å². The predicted molar refractivity (Wildman–Crippen MR) is 70.3 cm³/mol. The number of pyridine rings is 1. The van der Waals surface area contributed by atoms with Gasteiger partial charge in [0.25, 0.3) is 0 Å². The topological polar surface area (TPSA) is 24.9 Å². The lowest BCUT2D eigenvalue weighted by molar-refractivity contribution is 0.616. The molecule has 0 bridgehead atoms. The van der Waals surface area contributed by atoms with Crippen LogP contribution in [0.15, 0.2) is 41.1 Å². The molecule has 1 N–H and O–H groups in total. The number of rotatable bonds is 3. The van der Waals surface area contributed by atoms with Crippen LogP contribution in [0.1, 0.15) is 18.5 Å². The first-order chi connectivity index (χ1) is 8.56. The number of halogens is 3. The highest BCUT2D eigenvalue weighted by Gasteiger charge is 2.08. The van der Waals surface area contributed by atoms with Gasteiger partial charge in [0.1, 0.15) is 11.6 Å². The highest BCUT2D eigenvalue weighted by Crippen LogP contribution is 2.24.